The Hall–Kier alpha value is -1.58. The van der Waals surface area contributed by atoms with Gasteiger partial charge in [0.1, 0.15) is 11.3 Å². The lowest BCUT2D eigenvalue weighted by Gasteiger charge is -2.03. The standard InChI is InChI=1S/C8H9NO3/c1-9-4-3-7(12-2)6(5-10)8(9)11/h3-5H,1-2H3. The molecule has 0 fully saturated rings. The molecule has 0 atom stereocenters. The van der Waals surface area contributed by atoms with E-state index in [0.717, 1.165) is 0 Å². The van der Waals surface area contributed by atoms with E-state index in [1.54, 1.807) is 19.3 Å². The molecule has 1 aromatic rings. The summed E-state index contributed by atoms with van der Waals surface area (Å²) in [6.07, 6.45) is 2.05. The van der Waals surface area contributed by atoms with Crippen LogP contribution in [0.2, 0.25) is 0 Å². The third-order valence-electron chi connectivity index (χ3n) is 1.60. The number of pyridine rings is 1. The van der Waals surface area contributed by atoms with Crippen LogP contribution in [0.3, 0.4) is 0 Å². The summed E-state index contributed by atoms with van der Waals surface area (Å²) >= 11 is 0. The van der Waals surface area contributed by atoms with Crippen molar-refractivity contribution in [2.45, 2.75) is 0 Å². The highest BCUT2D eigenvalue weighted by atomic mass is 16.5. The fourth-order valence-electron chi connectivity index (χ4n) is 0.919. The molecule has 0 saturated heterocycles. The zero-order valence-electron chi connectivity index (χ0n) is 6.90. The van der Waals surface area contributed by atoms with Crippen molar-refractivity contribution in [3.05, 3.63) is 28.2 Å². The van der Waals surface area contributed by atoms with E-state index in [4.69, 9.17) is 4.74 Å². The summed E-state index contributed by atoms with van der Waals surface area (Å²) in [6.45, 7) is 0. The van der Waals surface area contributed by atoms with Crippen molar-refractivity contribution in [1.82, 2.24) is 4.57 Å². The largest absolute Gasteiger partial charge is 0.496 e. The van der Waals surface area contributed by atoms with Crippen molar-refractivity contribution in [3.8, 4) is 5.75 Å². The Balaban J connectivity index is 3.46. The number of hydrogen-bond donors (Lipinski definition) is 0. The number of aryl methyl sites for hydroxylation is 1. The zero-order chi connectivity index (χ0) is 9.14. The smallest absolute Gasteiger partial charge is 0.264 e. The summed E-state index contributed by atoms with van der Waals surface area (Å²) in [5.74, 6) is 0.313. The summed E-state index contributed by atoms with van der Waals surface area (Å²) in [5.41, 5.74) is -0.285. The third kappa shape index (κ3) is 1.23. The molecular formula is C8H9NO3. The number of aromatic nitrogens is 1. The van der Waals surface area contributed by atoms with Gasteiger partial charge in [-0.2, -0.15) is 0 Å². The van der Waals surface area contributed by atoms with Crippen LogP contribution in [0.15, 0.2) is 17.1 Å². The predicted molar refractivity (Wildman–Crippen MR) is 43.6 cm³/mol. The van der Waals surface area contributed by atoms with Crippen LogP contribution in [-0.2, 0) is 7.05 Å². The number of carbonyl (C=O) groups is 1. The number of aldehydes is 1. The molecule has 0 unspecified atom stereocenters. The Morgan fingerprint density at radius 2 is 2.25 bits per heavy atom. The minimum Gasteiger partial charge on any atom is -0.496 e. The topological polar surface area (TPSA) is 48.3 Å². The Kier molecular flexibility index (Phi) is 2.28. The van der Waals surface area contributed by atoms with Crippen molar-refractivity contribution in [1.29, 1.82) is 0 Å². The van der Waals surface area contributed by atoms with Crippen LogP contribution in [0.4, 0.5) is 0 Å². The fraction of sp³-hybridized carbons (Fsp3) is 0.250. The average Bonchev–Trinajstić information content (AvgIpc) is 2.09. The molecule has 0 saturated carbocycles. The first-order valence-electron chi connectivity index (χ1n) is 3.39. The van der Waals surface area contributed by atoms with Gasteiger partial charge in [-0.25, -0.2) is 0 Å². The molecule has 0 aliphatic carbocycles. The van der Waals surface area contributed by atoms with Gasteiger partial charge in [-0.05, 0) is 6.07 Å². The Morgan fingerprint density at radius 1 is 1.58 bits per heavy atom. The van der Waals surface area contributed by atoms with Gasteiger partial charge in [-0.15, -0.1) is 0 Å². The molecule has 12 heavy (non-hydrogen) atoms. The first kappa shape index (κ1) is 8.52. The molecule has 0 aliphatic rings. The minimum absolute atomic E-state index is 0.0579. The molecule has 64 valence electrons. The number of ether oxygens (including phenoxy) is 1. The lowest BCUT2D eigenvalue weighted by atomic mass is 10.3. The van der Waals surface area contributed by atoms with Crippen molar-refractivity contribution in [3.63, 3.8) is 0 Å². The first-order chi connectivity index (χ1) is 5.70. The van der Waals surface area contributed by atoms with E-state index in [0.29, 0.717) is 12.0 Å². The minimum atomic E-state index is -0.343. The van der Waals surface area contributed by atoms with Crippen molar-refractivity contribution >= 4 is 6.29 Å². The quantitative estimate of drug-likeness (QED) is 0.591. The highest BCUT2D eigenvalue weighted by Gasteiger charge is 2.06. The maximum atomic E-state index is 11.2. The van der Waals surface area contributed by atoms with Crippen LogP contribution in [0.1, 0.15) is 10.4 Å². The molecular weight excluding hydrogens is 158 g/mol. The number of methoxy groups -OCH3 is 1. The van der Waals surface area contributed by atoms with Crippen LogP contribution >= 0.6 is 0 Å². The molecule has 0 amide bonds. The van der Waals surface area contributed by atoms with Gasteiger partial charge in [0.25, 0.3) is 5.56 Å². The Labute approximate surface area is 69.4 Å². The molecule has 0 bridgehead atoms. The molecule has 1 rings (SSSR count). The number of hydrogen-bond acceptors (Lipinski definition) is 3. The van der Waals surface area contributed by atoms with Gasteiger partial charge >= 0.3 is 0 Å². The van der Waals surface area contributed by atoms with Crippen molar-refractivity contribution < 1.29 is 9.53 Å². The Morgan fingerprint density at radius 3 is 2.75 bits per heavy atom. The van der Waals surface area contributed by atoms with Gasteiger partial charge in [0, 0.05) is 13.2 Å². The van der Waals surface area contributed by atoms with Gasteiger partial charge in [-0.1, -0.05) is 0 Å². The zero-order valence-corrected chi connectivity index (χ0v) is 6.90. The van der Waals surface area contributed by atoms with Gasteiger partial charge in [0.05, 0.1) is 7.11 Å². The molecule has 1 aromatic heterocycles. The predicted octanol–water partition coefficient (Wildman–Crippen LogP) is 0.206. The van der Waals surface area contributed by atoms with Gasteiger partial charge < -0.3 is 9.30 Å². The molecule has 1 heterocycles. The second-order valence-corrected chi connectivity index (χ2v) is 2.33. The average molecular weight is 167 g/mol. The van der Waals surface area contributed by atoms with Crippen LogP contribution < -0.4 is 10.3 Å². The first-order valence-corrected chi connectivity index (χ1v) is 3.39. The normalized spacial score (nSPS) is 9.50. The van der Waals surface area contributed by atoms with Gasteiger partial charge in [-0.3, -0.25) is 9.59 Å². The third-order valence-corrected chi connectivity index (χ3v) is 1.60. The van der Waals surface area contributed by atoms with E-state index in [1.807, 2.05) is 0 Å². The maximum Gasteiger partial charge on any atom is 0.264 e. The van der Waals surface area contributed by atoms with Crippen LogP contribution in [0.25, 0.3) is 0 Å². The lowest BCUT2D eigenvalue weighted by molar-refractivity contribution is 0.111. The van der Waals surface area contributed by atoms with Crippen molar-refractivity contribution in [2.75, 3.05) is 7.11 Å². The second-order valence-electron chi connectivity index (χ2n) is 2.33. The van der Waals surface area contributed by atoms with Gasteiger partial charge in [0.2, 0.25) is 0 Å². The lowest BCUT2D eigenvalue weighted by Crippen LogP contribution is -2.20. The SMILES string of the molecule is COc1ccn(C)c(=O)c1C=O. The molecule has 4 heteroatoms. The van der Waals surface area contributed by atoms with Crippen LogP contribution in [-0.4, -0.2) is 18.0 Å². The van der Waals surface area contributed by atoms with Crippen LogP contribution in [0, 0.1) is 0 Å². The molecule has 4 nitrogen and oxygen atoms in total. The highest BCUT2D eigenvalue weighted by molar-refractivity contribution is 5.78. The summed E-state index contributed by atoms with van der Waals surface area (Å²) in [6, 6.07) is 1.57. The number of carbonyl (C=O) groups excluding carboxylic acids is 1. The fourth-order valence-corrected chi connectivity index (χ4v) is 0.919. The summed E-state index contributed by atoms with van der Waals surface area (Å²) in [7, 11) is 3.00. The van der Waals surface area contributed by atoms with E-state index in [9.17, 15) is 9.59 Å². The van der Waals surface area contributed by atoms with E-state index in [1.165, 1.54) is 11.7 Å². The molecule has 0 N–H and O–H groups in total. The highest BCUT2D eigenvalue weighted by Crippen LogP contribution is 2.09. The maximum absolute atomic E-state index is 11.2. The Bertz CT molecular complexity index is 354. The van der Waals surface area contributed by atoms with Crippen molar-refractivity contribution in [2.24, 2.45) is 7.05 Å². The second kappa shape index (κ2) is 3.21. The summed E-state index contributed by atoms with van der Waals surface area (Å²) < 4.78 is 6.15. The molecule has 0 spiro atoms. The van der Waals surface area contributed by atoms with E-state index in [2.05, 4.69) is 0 Å². The molecule has 0 radical (unpaired) electrons. The number of rotatable bonds is 2. The van der Waals surface area contributed by atoms with E-state index < -0.39 is 0 Å². The van der Waals surface area contributed by atoms with Gasteiger partial charge in [0.15, 0.2) is 6.29 Å². The molecule has 0 aromatic carbocycles. The van der Waals surface area contributed by atoms with E-state index >= 15 is 0 Å². The summed E-state index contributed by atoms with van der Waals surface area (Å²) in [5, 5.41) is 0. The van der Waals surface area contributed by atoms with Crippen LogP contribution in [0.5, 0.6) is 5.75 Å². The molecule has 0 aliphatic heterocycles. The summed E-state index contributed by atoms with van der Waals surface area (Å²) in [4.78, 5) is 21.7. The number of nitrogens with zero attached hydrogens (tertiary/aromatic N) is 1. The van der Waals surface area contributed by atoms with E-state index in [-0.39, 0.29) is 11.1 Å². The monoisotopic (exact) mass is 167 g/mol.